The summed E-state index contributed by atoms with van der Waals surface area (Å²) in [6.07, 6.45) is -14.9. The molecule has 23 heteroatoms. The molecule has 2 saturated carbocycles. The summed E-state index contributed by atoms with van der Waals surface area (Å²) in [5.74, 6) is -6.12. The maximum Gasteiger partial charge on any atom is 0.509 e. The summed E-state index contributed by atoms with van der Waals surface area (Å²) in [7, 11) is 0. The summed E-state index contributed by atoms with van der Waals surface area (Å²) in [6, 6.07) is 14.4. The lowest BCUT2D eigenvalue weighted by Gasteiger charge is -2.67. The average Bonchev–Trinajstić information content (AvgIpc) is 3.25. The number of nitrogens with two attached hydrogens (primary N) is 1. The van der Waals surface area contributed by atoms with Crippen LogP contribution < -0.4 is 5.73 Å². The van der Waals surface area contributed by atoms with Crippen molar-refractivity contribution in [1.29, 1.82) is 0 Å². The van der Waals surface area contributed by atoms with Gasteiger partial charge in [-0.3, -0.25) is 9.59 Å². The molecule has 2 unspecified atom stereocenters. The Morgan fingerprint density at radius 3 is 1.93 bits per heavy atom. The minimum absolute atomic E-state index is 0.0149. The van der Waals surface area contributed by atoms with Crippen molar-refractivity contribution in [3.63, 3.8) is 0 Å². The summed E-state index contributed by atoms with van der Waals surface area (Å²) >= 11 is 35.2. The van der Waals surface area contributed by atoms with Gasteiger partial charge in [0.25, 0.3) is 0 Å². The maximum atomic E-state index is 16.1. The Labute approximate surface area is 414 Å². The van der Waals surface area contributed by atoms with E-state index in [1.807, 2.05) is 0 Å². The second-order valence-corrected chi connectivity index (χ2v) is 22.5. The van der Waals surface area contributed by atoms with Crippen LogP contribution in [0.1, 0.15) is 69.4 Å². The van der Waals surface area contributed by atoms with Crippen molar-refractivity contribution in [1.82, 2.24) is 0 Å². The highest BCUT2D eigenvalue weighted by Crippen LogP contribution is 2.65. The van der Waals surface area contributed by atoms with Crippen molar-refractivity contribution in [3.8, 4) is 0 Å². The quantitative estimate of drug-likeness (QED) is 0.0911. The lowest BCUT2D eigenvalue weighted by molar-refractivity contribution is -0.346. The van der Waals surface area contributed by atoms with Crippen LogP contribution in [-0.2, 0) is 52.3 Å². The van der Waals surface area contributed by atoms with E-state index in [9.17, 15) is 34.2 Å². The molecule has 0 aromatic heterocycles. The summed E-state index contributed by atoms with van der Waals surface area (Å²) in [5, 5.41) is 25.1. The van der Waals surface area contributed by atoms with E-state index in [0.29, 0.717) is 5.56 Å². The monoisotopic (exact) mass is 1060 g/mol. The third kappa shape index (κ3) is 10.5. The number of Topliss-reactive ketones (excluding diaryl/α,β-unsaturated/α-hetero) is 1. The molecular weight excluding hydrogens is 1010 g/mol. The molecule has 17 nitrogen and oxygen atoms in total. The molecule has 67 heavy (non-hydrogen) atoms. The minimum atomic E-state index is -2.58. The molecule has 4 aliphatic rings. The van der Waals surface area contributed by atoms with Crippen molar-refractivity contribution in [2.24, 2.45) is 22.5 Å². The van der Waals surface area contributed by atoms with Gasteiger partial charge in [-0.05, 0) is 42.7 Å². The fraction of sp³-hybridized carbons (Fsp3) is 0.545. The number of esters is 3. The van der Waals surface area contributed by atoms with Gasteiger partial charge in [-0.2, -0.15) is 0 Å². The van der Waals surface area contributed by atoms with Gasteiger partial charge in [-0.1, -0.05) is 132 Å². The Morgan fingerprint density at radius 2 is 1.40 bits per heavy atom. The van der Waals surface area contributed by atoms with Crippen molar-refractivity contribution >= 4 is 106 Å². The number of hydrogen-bond donors (Lipinski definition) is 3. The van der Waals surface area contributed by atoms with Crippen molar-refractivity contribution in [2.45, 2.75) is 109 Å². The third-order valence-electron chi connectivity index (χ3n) is 13.1. The molecular formula is C44H47Cl6NO16. The molecule has 2 aromatic carbocycles. The highest BCUT2D eigenvalue weighted by Gasteiger charge is 2.79. The molecule has 366 valence electrons. The SMILES string of the molecule is CC(=O)O[C@@]12CO[C@@H]1C[C@H](OC(=O)OCC(Cl)(Cl)Cl)[C@@]1(C)C(=O)[C@H](OC(=O)OCC(Cl)(Cl)Cl)C3=C(C)[C@@H](OC(=O)C(O)[C@@H](N)c4ccccc4)C[C@@](O)([C@@H](OC(=O)c4ccccc4)C12)C3(C)C. The number of alkyl halides is 6. The van der Waals surface area contributed by atoms with Crippen molar-refractivity contribution in [2.75, 3.05) is 19.8 Å². The van der Waals surface area contributed by atoms with Gasteiger partial charge in [0.15, 0.2) is 23.6 Å². The Bertz CT molecular complexity index is 2270. The predicted molar refractivity (Wildman–Crippen MR) is 239 cm³/mol. The van der Waals surface area contributed by atoms with Gasteiger partial charge in [0, 0.05) is 25.2 Å². The topological polar surface area (TPSA) is 243 Å². The molecule has 2 aromatic rings. The third-order valence-corrected chi connectivity index (χ3v) is 13.7. The number of ketones is 1. The van der Waals surface area contributed by atoms with Gasteiger partial charge in [0.1, 0.15) is 43.2 Å². The zero-order valence-corrected chi connectivity index (χ0v) is 40.9. The Kier molecular flexibility index (Phi) is 15.5. The summed E-state index contributed by atoms with van der Waals surface area (Å²) in [6.45, 7) is 4.49. The number of rotatable bonds is 11. The minimum Gasteiger partial charge on any atom is -0.456 e. The number of fused-ring (bicyclic) bond motifs is 5. The van der Waals surface area contributed by atoms with E-state index in [0.717, 1.165) is 6.92 Å². The van der Waals surface area contributed by atoms with Crippen LogP contribution in [0.25, 0.3) is 0 Å². The summed E-state index contributed by atoms with van der Waals surface area (Å²) < 4.78 is 42.1. The van der Waals surface area contributed by atoms with Gasteiger partial charge in [0.2, 0.25) is 7.59 Å². The van der Waals surface area contributed by atoms with Crippen LogP contribution in [0.4, 0.5) is 9.59 Å². The van der Waals surface area contributed by atoms with Crippen LogP contribution >= 0.6 is 69.6 Å². The molecule has 4 N–H and O–H groups in total. The molecule has 2 bridgehead atoms. The Balaban J connectivity index is 1.62. The van der Waals surface area contributed by atoms with E-state index in [1.54, 1.807) is 48.5 Å². The first-order chi connectivity index (χ1) is 31.1. The van der Waals surface area contributed by atoms with Gasteiger partial charge < -0.3 is 53.8 Å². The molecule has 3 aliphatic carbocycles. The molecule has 0 spiro atoms. The number of benzene rings is 2. The maximum absolute atomic E-state index is 16.1. The Hall–Kier alpha value is -3.62. The van der Waals surface area contributed by atoms with E-state index >= 15 is 4.79 Å². The van der Waals surface area contributed by atoms with Crippen LogP contribution in [0.2, 0.25) is 0 Å². The van der Waals surface area contributed by atoms with Crippen LogP contribution in [0.5, 0.6) is 0 Å². The first-order valence-corrected chi connectivity index (χ1v) is 22.9. The number of aliphatic hydroxyl groups is 2. The number of halogens is 6. The zero-order chi connectivity index (χ0) is 49.7. The normalized spacial score (nSPS) is 30.9. The fourth-order valence-corrected chi connectivity index (χ4v) is 10.1. The first-order valence-electron chi connectivity index (χ1n) is 20.6. The molecule has 0 radical (unpaired) electrons. The summed E-state index contributed by atoms with van der Waals surface area (Å²) in [5.41, 5.74) is -2.37. The molecule has 6 rings (SSSR count). The average molecular weight is 1060 g/mol. The smallest absolute Gasteiger partial charge is 0.456 e. The number of hydrogen-bond acceptors (Lipinski definition) is 17. The zero-order valence-electron chi connectivity index (χ0n) is 36.4. The van der Waals surface area contributed by atoms with E-state index < -0.39 is 147 Å². The van der Waals surface area contributed by atoms with Crippen LogP contribution in [-0.4, -0.2) is 121 Å². The molecule has 1 aliphatic heterocycles. The van der Waals surface area contributed by atoms with Crippen LogP contribution in [0.3, 0.4) is 0 Å². The van der Waals surface area contributed by atoms with E-state index in [-0.39, 0.29) is 16.7 Å². The van der Waals surface area contributed by atoms with Gasteiger partial charge in [-0.25, -0.2) is 19.2 Å². The molecule has 3 fully saturated rings. The fourth-order valence-electron chi connectivity index (χ4n) is 9.78. The standard InChI is InChI=1S/C44H47Cl6NO16/c1-21-25(63-36(56)30(53)29(51)23-12-8-6-9-13-23)17-42(59)34(66-35(55)24-14-10-7-11-15-24)32-40(5,33(54)31(28(21)39(42,3)4)65-38(58)62-20-44(48,49)50)26(64-37(57)61-19-43(45,46)47)16-27-41(32,18-60-27)67-22(2)52/h6-15,25-27,29-32,34,53,59H,16-20,51H2,1-5H3/t25-,26-,27+,29-,30?,31+,32?,34-,40+,41-,42+/m0/s1. The lowest BCUT2D eigenvalue weighted by Crippen LogP contribution is -2.82. The largest absolute Gasteiger partial charge is 0.509 e. The van der Waals surface area contributed by atoms with Crippen LogP contribution in [0, 0.1) is 16.7 Å². The van der Waals surface area contributed by atoms with Gasteiger partial charge in [-0.15, -0.1) is 0 Å². The van der Waals surface area contributed by atoms with Crippen LogP contribution in [0.15, 0.2) is 71.8 Å². The molecule has 11 atom stereocenters. The van der Waals surface area contributed by atoms with E-state index in [4.69, 9.17) is 113 Å². The van der Waals surface area contributed by atoms with Crippen molar-refractivity contribution in [3.05, 3.63) is 82.9 Å². The number of carbonyl (C=O) groups is 6. The lowest BCUT2D eigenvalue weighted by atomic mass is 9.44. The van der Waals surface area contributed by atoms with E-state index in [1.165, 1.54) is 39.8 Å². The second kappa shape index (κ2) is 19.6. The predicted octanol–water partition coefficient (Wildman–Crippen LogP) is 6.76. The summed E-state index contributed by atoms with van der Waals surface area (Å²) in [4.78, 5) is 85.0. The van der Waals surface area contributed by atoms with Crippen molar-refractivity contribution < 1.29 is 76.9 Å². The number of carbonyl (C=O) groups excluding carboxylic acids is 6. The highest BCUT2D eigenvalue weighted by molar-refractivity contribution is 6.68. The second-order valence-electron chi connectivity index (χ2n) is 17.5. The van der Waals surface area contributed by atoms with Gasteiger partial charge >= 0.3 is 30.2 Å². The van der Waals surface area contributed by atoms with Gasteiger partial charge in [0.05, 0.1) is 29.5 Å². The molecule has 1 heterocycles. The number of aliphatic hydroxyl groups excluding tert-OH is 1. The molecule has 1 saturated heterocycles. The highest BCUT2D eigenvalue weighted by atomic mass is 35.6. The number of ether oxygens (including phenoxy) is 8. The van der Waals surface area contributed by atoms with E-state index in [2.05, 4.69) is 0 Å². The molecule has 0 amide bonds. The Morgan fingerprint density at radius 1 is 0.851 bits per heavy atom. The first kappa shape index (κ1) is 52.7.